The molecule has 0 spiro atoms. The lowest BCUT2D eigenvalue weighted by atomic mass is 10.3. The summed E-state index contributed by atoms with van der Waals surface area (Å²) in [5.41, 5.74) is 5.45. The maximum absolute atomic E-state index is 11.6. The van der Waals surface area contributed by atoms with Crippen LogP contribution in [0.4, 0.5) is 0 Å². The lowest BCUT2D eigenvalue weighted by molar-refractivity contribution is -0.136. The van der Waals surface area contributed by atoms with Crippen molar-refractivity contribution in [3.8, 4) is 0 Å². The molecule has 1 aliphatic heterocycles. The standard InChI is InChI=1S/C9H17N3O/c10-3-4-11-5-6-12(8-1-2-8)9(13)7-11/h8H,1-7,10H2. The summed E-state index contributed by atoms with van der Waals surface area (Å²) in [7, 11) is 0. The van der Waals surface area contributed by atoms with Gasteiger partial charge in [0.1, 0.15) is 0 Å². The van der Waals surface area contributed by atoms with E-state index >= 15 is 0 Å². The molecule has 2 aliphatic rings. The number of piperazine rings is 1. The van der Waals surface area contributed by atoms with Gasteiger partial charge in [-0.15, -0.1) is 0 Å². The van der Waals surface area contributed by atoms with Crippen molar-refractivity contribution in [2.24, 2.45) is 5.73 Å². The van der Waals surface area contributed by atoms with Crippen molar-refractivity contribution in [3.05, 3.63) is 0 Å². The van der Waals surface area contributed by atoms with Gasteiger partial charge in [0.25, 0.3) is 0 Å². The Balaban J connectivity index is 1.84. The van der Waals surface area contributed by atoms with Crippen molar-refractivity contribution < 1.29 is 4.79 Å². The third-order valence-electron chi connectivity index (χ3n) is 2.77. The zero-order valence-electron chi connectivity index (χ0n) is 7.91. The van der Waals surface area contributed by atoms with E-state index in [0.717, 1.165) is 19.6 Å². The maximum atomic E-state index is 11.6. The van der Waals surface area contributed by atoms with Crippen LogP contribution in [0.3, 0.4) is 0 Å². The van der Waals surface area contributed by atoms with Crippen LogP contribution < -0.4 is 5.73 Å². The molecule has 0 bridgehead atoms. The molecule has 0 unspecified atom stereocenters. The molecule has 4 heteroatoms. The molecule has 1 saturated carbocycles. The lowest BCUT2D eigenvalue weighted by Crippen LogP contribution is -2.52. The number of nitrogens with zero attached hydrogens (tertiary/aromatic N) is 2. The highest BCUT2D eigenvalue weighted by Crippen LogP contribution is 2.27. The molecular formula is C9H17N3O. The van der Waals surface area contributed by atoms with E-state index in [1.165, 1.54) is 12.8 Å². The van der Waals surface area contributed by atoms with Crippen LogP contribution in [0.1, 0.15) is 12.8 Å². The van der Waals surface area contributed by atoms with E-state index in [0.29, 0.717) is 25.0 Å². The number of carbonyl (C=O) groups excluding carboxylic acids is 1. The van der Waals surface area contributed by atoms with Crippen LogP contribution in [0, 0.1) is 0 Å². The average Bonchev–Trinajstić information content (AvgIpc) is 2.88. The first-order chi connectivity index (χ1) is 6.31. The fourth-order valence-electron chi connectivity index (χ4n) is 1.88. The minimum absolute atomic E-state index is 0.294. The molecule has 13 heavy (non-hydrogen) atoms. The highest BCUT2D eigenvalue weighted by molar-refractivity contribution is 5.79. The SMILES string of the molecule is NCCN1CCN(C2CC2)C(=O)C1. The predicted molar refractivity (Wildman–Crippen MR) is 50.2 cm³/mol. The van der Waals surface area contributed by atoms with Crippen LogP contribution >= 0.6 is 0 Å². The quantitative estimate of drug-likeness (QED) is 0.626. The Morgan fingerprint density at radius 2 is 2.15 bits per heavy atom. The first-order valence-corrected chi connectivity index (χ1v) is 5.03. The van der Waals surface area contributed by atoms with Crippen LogP contribution in [0.15, 0.2) is 0 Å². The third kappa shape index (κ3) is 2.00. The van der Waals surface area contributed by atoms with E-state index in [9.17, 15) is 4.79 Å². The second-order valence-corrected chi connectivity index (χ2v) is 3.88. The molecule has 1 heterocycles. The summed E-state index contributed by atoms with van der Waals surface area (Å²) < 4.78 is 0. The van der Waals surface area contributed by atoms with Gasteiger partial charge >= 0.3 is 0 Å². The minimum Gasteiger partial charge on any atom is -0.337 e. The molecule has 0 radical (unpaired) electrons. The summed E-state index contributed by atoms with van der Waals surface area (Å²) in [5.74, 6) is 0.294. The number of nitrogens with two attached hydrogens (primary N) is 1. The highest BCUT2D eigenvalue weighted by Gasteiger charge is 2.35. The fourth-order valence-corrected chi connectivity index (χ4v) is 1.88. The summed E-state index contributed by atoms with van der Waals surface area (Å²) in [5, 5.41) is 0. The Morgan fingerprint density at radius 3 is 2.69 bits per heavy atom. The Bertz CT molecular complexity index is 203. The Hall–Kier alpha value is -0.610. The van der Waals surface area contributed by atoms with Gasteiger partial charge in [-0.1, -0.05) is 0 Å². The molecule has 1 amide bonds. The van der Waals surface area contributed by atoms with Gasteiger partial charge in [0.2, 0.25) is 5.91 Å². The number of carbonyl (C=O) groups is 1. The monoisotopic (exact) mass is 183 g/mol. The van der Waals surface area contributed by atoms with Gasteiger partial charge in [-0.25, -0.2) is 0 Å². The van der Waals surface area contributed by atoms with Gasteiger partial charge in [0, 0.05) is 32.2 Å². The summed E-state index contributed by atoms with van der Waals surface area (Å²) in [6.07, 6.45) is 2.42. The smallest absolute Gasteiger partial charge is 0.237 e. The zero-order valence-corrected chi connectivity index (χ0v) is 7.91. The van der Waals surface area contributed by atoms with Crippen molar-refractivity contribution in [1.82, 2.24) is 9.80 Å². The topological polar surface area (TPSA) is 49.6 Å². The molecule has 4 nitrogen and oxygen atoms in total. The number of hydrogen-bond acceptors (Lipinski definition) is 3. The molecular weight excluding hydrogens is 166 g/mol. The summed E-state index contributed by atoms with van der Waals surface area (Å²) >= 11 is 0. The molecule has 1 saturated heterocycles. The number of hydrogen-bond donors (Lipinski definition) is 1. The summed E-state index contributed by atoms with van der Waals surface area (Å²) in [6.45, 7) is 3.98. The Labute approximate surface area is 78.7 Å². The molecule has 1 aliphatic carbocycles. The average molecular weight is 183 g/mol. The Morgan fingerprint density at radius 1 is 1.38 bits per heavy atom. The first kappa shape index (κ1) is 8.97. The van der Waals surface area contributed by atoms with Crippen LogP contribution in [0.25, 0.3) is 0 Å². The molecule has 0 aromatic heterocycles. The van der Waals surface area contributed by atoms with Crippen LogP contribution in [-0.2, 0) is 4.79 Å². The van der Waals surface area contributed by atoms with Gasteiger partial charge < -0.3 is 10.6 Å². The van der Waals surface area contributed by atoms with E-state index < -0.39 is 0 Å². The largest absolute Gasteiger partial charge is 0.337 e. The van der Waals surface area contributed by atoms with Crippen molar-refractivity contribution in [2.75, 3.05) is 32.7 Å². The zero-order chi connectivity index (χ0) is 9.26. The van der Waals surface area contributed by atoms with E-state index in [1.807, 2.05) is 4.90 Å². The van der Waals surface area contributed by atoms with Gasteiger partial charge in [-0.05, 0) is 12.8 Å². The Kier molecular flexibility index (Phi) is 2.51. The van der Waals surface area contributed by atoms with E-state index in [4.69, 9.17) is 5.73 Å². The summed E-state index contributed by atoms with van der Waals surface area (Å²) in [4.78, 5) is 15.8. The maximum Gasteiger partial charge on any atom is 0.237 e. The molecule has 2 N–H and O–H groups in total. The van der Waals surface area contributed by atoms with Gasteiger partial charge in [-0.3, -0.25) is 9.69 Å². The van der Waals surface area contributed by atoms with Gasteiger partial charge in [-0.2, -0.15) is 0 Å². The lowest BCUT2D eigenvalue weighted by Gasteiger charge is -2.34. The van der Waals surface area contributed by atoms with E-state index in [1.54, 1.807) is 0 Å². The van der Waals surface area contributed by atoms with Gasteiger partial charge in [0.15, 0.2) is 0 Å². The second kappa shape index (κ2) is 3.64. The van der Waals surface area contributed by atoms with Crippen molar-refractivity contribution in [2.45, 2.75) is 18.9 Å². The molecule has 0 atom stereocenters. The number of rotatable bonds is 3. The highest BCUT2D eigenvalue weighted by atomic mass is 16.2. The van der Waals surface area contributed by atoms with Crippen molar-refractivity contribution in [1.29, 1.82) is 0 Å². The van der Waals surface area contributed by atoms with Crippen LogP contribution in [0.2, 0.25) is 0 Å². The van der Waals surface area contributed by atoms with Crippen LogP contribution in [0.5, 0.6) is 0 Å². The predicted octanol–water partition coefficient (Wildman–Crippen LogP) is -0.748. The normalized spacial score (nSPS) is 25.3. The molecule has 74 valence electrons. The number of amides is 1. The van der Waals surface area contributed by atoms with Gasteiger partial charge in [0.05, 0.1) is 6.54 Å². The van der Waals surface area contributed by atoms with E-state index in [-0.39, 0.29) is 0 Å². The second-order valence-electron chi connectivity index (χ2n) is 3.88. The third-order valence-corrected chi connectivity index (χ3v) is 2.77. The molecule has 0 aromatic carbocycles. The minimum atomic E-state index is 0.294. The first-order valence-electron chi connectivity index (χ1n) is 5.03. The molecule has 2 fully saturated rings. The van der Waals surface area contributed by atoms with Crippen molar-refractivity contribution in [3.63, 3.8) is 0 Å². The van der Waals surface area contributed by atoms with Crippen molar-refractivity contribution >= 4 is 5.91 Å². The fraction of sp³-hybridized carbons (Fsp3) is 0.889. The van der Waals surface area contributed by atoms with Crippen LogP contribution in [-0.4, -0.2) is 54.5 Å². The molecule has 2 rings (SSSR count). The van der Waals surface area contributed by atoms with E-state index in [2.05, 4.69) is 4.90 Å². The molecule has 0 aromatic rings. The summed E-state index contributed by atoms with van der Waals surface area (Å²) in [6, 6.07) is 0.576.